The van der Waals surface area contributed by atoms with Gasteiger partial charge in [-0.3, -0.25) is 0 Å². The molecule has 0 unspecified atom stereocenters. The van der Waals surface area contributed by atoms with Crippen LogP contribution in [0.15, 0.2) is 71.6 Å². The third-order valence-electron chi connectivity index (χ3n) is 6.26. The van der Waals surface area contributed by atoms with Crippen LogP contribution < -0.4 is 4.74 Å². The van der Waals surface area contributed by atoms with Crippen molar-refractivity contribution in [3.63, 3.8) is 0 Å². The van der Waals surface area contributed by atoms with E-state index in [9.17, 15) is 20.4 Å². The van der Waals surface area contributed by atoms with Gasteiger partial charge in [-0.25, -0.2) is 0 Å². The number of aliphatic hydroxyl groups excluding tert-OH is 4. The van der Waals surface area contributed by atoms with Crippen molar-refractivity contribution in [2.75, 3.05) is 12.4 Å². The molecule has 6 nitrogen and oxygen atoms in total. The Morgan fingerprint density at radius 2 is 1.58 bits per heavy atom. The molecule has 4 N–H and O–H groups in total. The lowest BCUT2D eigenvalue weighted by atomic mass is 9.90. The minimum atomic E-state index is -1.35. The van der Waals surface area contributed by atoms with Crippen LogP contribution in [0.5, 0.6) is 5.75 Å². The maximum absolute atomic E-state index is 10.7. The average molecular weight is 531 g/mol. The largest absolute Gasteiger partial charge is 0.494 e. The van der Waals surface area contributed by atoms with Crippen LogP contribution in [0.4, 0.5) is 0 Å². The molecule has 1 aliphatic rings. The topological polar surface area (TPSA) is 99.4 Å². The number of thioether (sulfide) groups is 1. The average Bonchev–Trinajstić information content (AvgIpc) is 2.90. The fourth-order valence-electron chi connectivity index (χ4n) is 4.23. The van der Waals surface area contributed by atoms with Crippen LogP contribution in [-0.2, 0) is 17.8 Å². The van der Waals surface area contributed by atoms with E-state index < -0.39 is 30.5 Å². The van der Waals surface area contributed by atoms with Crippen LogP contribution in [0.25, 0.3) is 0 Å². The van der Waals surface area contributed by atoms with Crippen LogP contribution >= 0.6 is 23.4 Å². The van der Waals surface area contributed by atoms with E-state index in [1.165, 1.54) is 11.8 Å². The summed E-state index contributed by atoms with van der Waals surface area (Å²) < 4.78 is 11.6. The van der Waals surface area contributed by atoms with Gasteiger partial charge in [-0.1, -0.05) is 48.0 Å². The van der Waals surface area contributed by atoms with E-state index in [2.05, 4.69) is 0 Å². The van der Waals surface area contributed by atoms with Gasteiger partial charge in [0, 0.05) is 15.7 Å². The Morgan fingerprint density at radius 1 is 0.889 bits per heavy atom. The zero-order valence-corrected chi connectivity index (χ0v) is 21.5. The quantitative estimate of drug-likeness (QED) is 0.309. The summed E-state index contributed by atoms with van der Waals surface area (Å²) >= 11 is 7.96. The molecule has 0 aliphatic carbocycles. The number of hydrogen-bond acceptors (Lipinski definition) is 7. The van der Waals surface area contributed by atoms with Crippen LogP contribution in [-0.4, -0.2) is 57.2 Å². The molecule has 3 aromatic rings. The van der Waals surface area contributed by atoms with Crippen LogP contribution in [0.2, 0.25) is 5.02 Å². The zero-order valence-electron chi connectivity index (χ0n) is 20.0. The molecule has 0 aromatic heterocycles. The van der Waals surface area contributed by atoms with Crippen molar-refractivity contribution in [2.24, 2.45) is 0 Å². The molecule has 192 valence electrons. The second-order valence-corrected chi connectivity index (χ2v) is 10.3. The number of hydrogen-bond donors (Lipinski definition) is 4. The summed E-state index contributed by atoms with van der Waals surface area (Å²) in [4.78, 5) is 0.948. The summed E-state index contributed by atoms with van der Waals surface area (Å²) in [6.07, 6.45) is -4.80. The molecule has 3 aromatic carbocycles. The number of benzene rings is 3. The lowest BCUT2D eigenvalue weighted by Gasteiger charge is -2.41. The summed E-state index contributed by atoms with van der Waals surface area (Å²) in [7, 11) is 0. The summed E-state index contributed by atoms with van der Waals surface area (Å²) in [5.41, 5.74) is 3.42. The fourth-order valence-corrected chi connectivity index (χ4v) is 5.38. The smallest absolute Gasteiger partial charge is 0.119 e. The minimum Gasteiger partial charge on any atom is -0.494 e. The molecule has 0 radical (unpaired) electrons. The van der Waals surface area contributed by atoms with E-state index in [0.29, 0.717) is 29.4 Å². The van der Waals surface area contributed by atoms with Gasteiger partial charge in [0.05, 0.1) is 19.3 Å². The SMILES string of the molecule is CCOc1ccc(Cc2cc([C@@H]3O[C@H](CSc4ccc(CO)cc4)[C@@H](O)[C@H](O)[C@H]3O)ccc2Cl)cc1. The minimum absolute atomic E-state index is 0.0250. The zero-order chi connectivity index (χ0) is 25.7. The van der Waals surface area contributed by atoms with E-state index in [0.717, 1.165) is 27.3 Å². The Bertz CT molecular complexity index is 1120. The molecule has 1 saturated heterocycles. The predicted octanol–water partition coefficient (Wildman–Crippen LogP) is 4.14. The Kier molecular flexibility index (Phi) is 9.30. The van der Waals surface area contributed by atoms with Gasteiger partial charge < -0.3 is 29.9 Å². The molecule has 4 rings (SSSR count). The molecule has 5 atom stereocenters. The fraction of sp³-hybridized carbons (Fsp3) is 0.357. The first-order valence-electron chi connectivity index (χ1n) is 11.9. The highest BCUT2D eigenvalue weighted by atomic mass is 35.5. The highest BCUT2D eigenvalue weighted by Crippen LogP contribution is 2.36. The molecule has 1 aliphatic heterocycles. The number of rotatable bonds is 9. The third kappa shape index (κ3) is 6.42. The molecule has 36 heavy (non-hydrogen) atoms. The summed E-state index contributed by atoms with van der Waals surface area (Å²) in [6.45, 7) is 2.52. The van der Waals surface area contributed by atoms with Crippen molar-refractivity contribution < 1.29 is 29.9 Å². The maximum Gasteiger partial charge on any atom is 0.119 e. The highest BCUT2D eigenvalue weighted by Gasteiger charge is 2.44. The third-order valence-corrected chi connectivity index (χ3v) is 7.73. The molecule has 0 amide bonds. The van der Waals surface area contributed by atoms with E-state index >= 15 is 0 Å². The molecule has 8 heteroatoms. The number of ether oxygens (including phenoxy) is 2. The second-order valence-electron chi connectivity index (χ2n) is 8.78. The lowest BCUT2D eigenvalue weighted by molar-refractivity contribution is -0.218. The molecule has 1 heterocycles. The van der Waals surface area contributed by atoms with Crippen LogP contribution in [0, 0.1) is 0 Å². The van der Waals surface area contributed by atoms with Crippen LogP contribution in [0.1, 0.15) is 35.3 Å². The Balaban J connectivity index is 1.49. The van der Waals surface area contributed by atoms with E-state index in [1.807, 2.05) is 61.5 Å². The van der Waals surface area contributed by atoms with E-state index in [-0.39, 0.29) is 6.61 Å². The van der Waals surface area contributed by atoms with Gasteiger partial charge in [0.15, 0.2) is 0 Å². The highest BCUT2D eigenvalue weighted by molar-refractivity contribution is 7.99. The monoisotopic (exact) mass is 530 g/mol. The molecule has 0 spiro atoms. The van der Waals surface area contributed by atoms with E-state index in [1.54, 1.807) is 12.1 Å². The normalized spacial score (nSPS) is 24.0. The van der Waals surface area contributed by atoms with Crippen molar-refractivity contribution in [1.29, 1.82) is 0 Å². The van der Waals surface area contributed by atoms with Crippen molar-refractivity contribution in [1.82, 2.24) is 0 Å². The molecule has 0 bridgehead atoms. The van der Waals surface area contributed by atoms with Gasteiger partial charge in [0.2, 0.25) is 0 Å². The van der Waals surface area contributed by atoms with Crippen LogP contribution in [0.3, 0.4) is 0 Å². The second kappa shape index (κ2) is 12.4. The van der Waals surface area contributed by atoms with Gasteiger partial charge in [-0.05, 0) is 65.9 Å². The van der Waals surface area contributed by atoms with Gasteiger partial charge in [-0.2, -0.15) is 0 Å². The lowest BCUT2D eigenvalue weighted by Crippen LogP contribution is -2.54. The van der Waals surface area contributed by atoms with Gasteiger partial charge in [-0.15, -0.1) is 11.8 Å². The van der Waals surface area contributed by atoms with Gasteiger partial charge in [0.1, 0.15) is 30.2 Å². The van der Waals surface area contributed by atoms with Crippen molar-refractivity contribution in [3.8, 4) is 5.75 Å². The molecule has 0 saturated carbocycles. The first kappa shape index (κ1) is 26.9. The summed E-state index contributed by atoms with van der Waals surface area (Å²) in [6, 6.07) is 20.7. The molecule has 1 fully saturated rings. The van der Waals surface area contributed by atoms with Crippen molar-refractivity contribution in [2.45, 2.75) is 55.4 Å². The standard InChI is InChI=1S/C28H31ClO6S/c1-2-34-21-8-3-17(4-9-21)13-20-14-19(7-12-23(20)29)28-27(33)26(32)25(31)24(35-28)16-36-22-10-5-18(15-30)6-11-22/h3-12,14,24-28,30-33H,2,13,15-16H2,1H3/t24-,25-,26+,27-,28+/m1/s1. The molecular weight excluding hydrogens is 500 g/mol. The van der Waals surface area contributed by atoms with Gasteiger partial charge >= 0.3 is 0 Å². The number of halogens is 1. The summed E-state index contributed by atoms with van der Waals surface area (Å²) in [5, 5.41) is 41.7. The predicted molar refractivity (Wildman–Crippen MR) is 141 cm³/mol. The first-order chi connectivity index (χ1) is 17.4. The number of aliphatic hydroxyl groups is 4. The summed E-state index contributed by atoms with van der Waals surface area (Å²) in [5.74, 6) is 1.19. The van der Waals surface area contributed by atoms with Crippen molar-refractivity contribution in [3.05, 3.63) is 94.0 Å². The Labute approximate surface area is 220 Å². The van der Waals surface area contributed by atoms with Gasteiger partial charge in [0.25, 0.3) is 0 Å². The first-order valence-corrected chi connectivity index (χ1v) is 13.3. The van der Waals surface area contributed by atoms with E-state index in [4.69, 9.17) is 21.1 Å². The van der Waals surface area contributed by atoms with Crippen molar-refractivity contribution >= 4 is 23.4 Å². The Hall–Kier alpha value is -2.10. The molecular formula is C28H31ClO6S. The maximum atomic E-state index is 10.7. The Morgan fingerprint density at radius 3 is 2.25 bits per heavy atom.